The van der Waals surface area contributed by atoms with Gasteiger partial charge in [-0.1, -0.05) is 0 Å². The van der Waals surface area contributed by atoms with E-state index in [1.807, 2.05) is 24.0 Å². The van der Waals surface area contributed by atoms with E-state index >= 15 is 0 Å². The van der Waals surface area contributed by atoms with E-state index in [0.717, 1.165) is 12.1 Å². The van der Waals surface area contributed by atoms with E-state index in [-0.39, 0.29) is 6.04 Å². The fraction of sp³-hybridized carbons (Fsp3) is 0.250. The Labute approximate surface area is 107 Å². The summed E-state index contributed by atoms with van der Waals surface area (Å²) in [5.41, 5.74) is 7.28. The van der Waals surface area contributed by atoms with Gasteiger partial charge in [0.05, 0.1) is 5.69 Å². The zero-order chi connectivity index (χ0) is 11.8. The van der Waals surface area contributed by atoms with E-state index in [2.05, 4.69) is 22.6 Å². The van der Waals surface area contributed by atoms with E-state index in [0.29, 0.717) is 0 Å². The topological polar surface area (TPSA) is 43.8 Å². The van der Waals surface area contributed by atoms with Crippen molar-refractivity contribution in [1.82, 2.24) is 9.78 Å². The minimum Gasteiger partial charge on any atom is -0.323 e. The van der Waals surface area contributed by atoms with Crippen LogP contribution in [0, 0.1) is 0 Å². The van der Waals surface area contributed by atoms with Crippen LogP contribution in [0.1, 0.15) is 16.6 Å². The lowest BCUT2D eigenvalue weighted by Crippen LogP contribution is -2.12. The summed E-state index contributed by atoms with van der Waals surface area (Å²) in [4.78, 5) is 1.25. The van der Waals surface area contributed by atoms with Crippen LogP contribution in [0.15, 0.2) is 29.8 Å². The van der Waals surface area contributed by atoms with Crippen LogP contribution in [0.25, 0.3) is 9.40 Å². The molecule has 0 fully saturated rings. The molecule has 0 bridgehead atoms. The summed E-state index contributed by atoms with van der Waals surface area (Å²) in [5, 5.41) is 6.48. The molecule has 0 aliphatic rings. The Balaban J connectivity index is 1.82. The summed E-state index contributed by atoms with van der Waals surface area (Å²) < 4.78 is 4.48. The fourth-order valence-electron chi connectivity index (χ4n) is 1.87. The lowest BCUT2D eigenvalue weighted by molar-refractivity contribution is 0.683. The van der Waals surface area contributed by atoms with E-state index < -0.39 is 0 Å². The number of rotatable bonds is 3. The minimum atomic E-state index is 0.0505. The normalized spacial score (nSPS) is 13.3. The molecule has 0 saturated heterocycles. The standard InChI is InChI=1S/C12H13N3S2/c1-15-4-2-8(14-15)6-9(13)11-7-12-10(17-11)3-5-16-12/h2-5,7,9H,6,13H2,1H3. The molecular formula is C12H13N3S2. The van der Waals surface area contributed by atoms with E-state index in [9.17, 15) is 0 Å². The second kappa shape index (κ2) is 4.25. The first-order chi connectivity index (χ1) is 8.22. The van der Waals surface area contributed by atoms with Crippen LogP contribution in [0.5, 0.6) is 0 Å². The molecule has 1 unspecified atom stereocenters. The quantitative estimate of drug-likeness (QED) is 0.789. The molecule has 0 aliphatic carbocycles. The van der Waals surface area contributed by atoms with Crippen molar-refractivity contribution in [2.24, 2.45) is 12.8 Å². The average Bonchev–Trinajstić information content (AvgIpc) is 2.92. The van der Waals surface area contributed by atoms with Crippen LogP contribution < -0.4 is 5.73 Å². The molecule has 2 N–H and O–H groups in total. The molecule has 3 aromatic rings. The molecule has 0 radical (unpaired) electrons. The number of aromatic nitrogens is 2. The first-order valence-electron chi connectivity index (χ1n) is 5.43. The third-order valence-electron chi connectivity index (χ3n) is 2.72. The van der Waals surface area contributed by atoms with Gasteiger partial charge < -0.3 is 5.73 Å². The summed E-state index contributed by atoms with van der Waals surface area (Å²) >= 11 is 3.56. The maximum absolute atomic E-state index is 6.23. The highest BCUT2D eigenvalue weighted by Crippen LogP contribution is 2.33. The van der Waals surface area contributed by atoms with E-state index in [1.165, 1.54) is 14.3 Å². The van der Waals surface area contributed by atoms with Crippen molar-refractivity contribution >= 4 is 32.1 Å². The number of hydrogen-bond donors (Lipinski definition) is 1. The van der Waals surface area contributed by atoms with Crippen LogP contribution in [0.4, 0.5) is 0 Å². The highest BCUT2D eigenvalue weighted by molar-refractivity contribution is 7.26. The van der Waals surface area contributed by atoms with Gasteiger partial charge in [0.15, 0.2) is 0 Å². The van der Waals surface area contributed by atoms with Gasteiger partial charge >= 0.3 is 0 Å². The van der Waals surface area contributed by atoms with Gasteiger partial charge in [-0.25, -0.2) is 0 Å². The summed E-state index contributed by atoms with van der Waals surface area (Å²) in [5.74, 6) is 0. The maximum atomic E-state index is 6.23. The highest BCUT2D eigenvalue weighted by Gasteiger charge is 2.12. The molecule has 5 heteroatoms. The number of hydrogen-bond acceptors (Lipinski definition) is 4. The van der Waals surface area contributed by atoms with Gasteiger partial charge in [0.25, 0.3) is 0 Å². The average molecular weight is 263 g/mol. The van der Waals surface area contributed by atoms with E-state index in [1.54, 1.807) is 22.7 Å². The first kappa shape index (κ1) is 11.0. The number of nitrogens with zero attached hydrogens (tertiary/aromatic N) is 2. The van der Waals surface area contributed by atoms with Crippen molar-refractivity contribution in [3.8, 4) is 0 Å². The molecule has 3 nitrogen and oxygen atoms in total. The molecule has 17 heavy (non-hydrogen) atoms. The SMILES string of the molecule is Cn1ccc(CC(N)c2cc3sccc3s2)n1. The Kier molecular flexibility index (Phi) is 2.74. The van der Waals surface area contributed by atoms with Crippen molar-refractivity contribution in [1.29, 1.82) is 0 Å². The smallest absolute Gasteiger partial charge is 0.0643 e. The molecule has 0 spiro atoms. The summed E-state index contributed by atoms with van der Waals surface area (Å²) in [6.07, 6.45) is 2.75. The van der Waals surface area contributed by atoms with Gasteiger partial charge in [-0.15, -0.1) is 22.7 Å². The van der Waals surface area contributed by atoms with Gasteiger partial charge in [0.1, 0.15) is 0 Å². The second-order valence-corrected chi connectivity index (χ2v) is 6.15. The molecule has 0 saturated carbocycles. The second-order valence-electron chi connectivity index (χ2n) is 4.09. The third kappa shape index (κ3) is 2.13. The molecule has 3 rings (SSSR count). The predicted octanol–water partition coefficient (Wildman–Crippen LogP) is 2.94. The lowest BCUT2D eigenvalue weighted by atomic mass is 10.1. The monoisotopic (exact) mass is 263 g/mol. The summed E-state index contributed by atoms with van der Waals surface area (Å²) in [6.45, 7) is 0. The van der Waals surface area contributed by atoms with Crippen molar-refractivity contribution < 1.29 is 0 Å². The predicted molar refractivity (Wildman–Crippen MR) is 73.5 cm³/mol. The van der Waals surface area contributed by atoms with Crippen molar-refractivity contribution in [3.05, 3.63) is 40.3 Å². The molecule has 3 aromatic heterocycles. The summed E-state index contributed by atoms with van der Waals surface area (Å²) in [6, 6.07) is 6.44. The van der Waals surface area contributed by atoms with Crippen LogP contribution in [0.2, 0.25) is 0 Å². The van der Waals surface area contributed by atoms with Gasteiger partial charge in [-0.2, -0.15) is 5.10 Å². The summed E-state index contributed by atoms with van der Waals surface area (Å²) in [7, 11) is 1.93. The van der Waals surface area contributed by atoms with Crippen molar-refractivity contribution in [3.63, 3.8) is 0 Å². The lowest BCUT2D eigenvalue weighted by Gasteiger charge is -2.06. The van der Waals surface area contributed by atoms with Crippen LogP contribution in [0.3, 0.4) is 0 Å². The van der Waals surface area contributed by atoms with Crippen LogP contribution >= 0.6 is 22.7 Å². The third-order valence-corrected chi connectivity index (χ3v) is 4.95. The molecule has 0 aliphatic heterocycles. The number of aryl methyl sites for hydroxylation is 1. The molecule has 88 valence electrons. The van der Waals surface area contributed by atoms with Crippen molar-refractivity contribution in [2.45, 2.75) is 12.5 Å². The Morgan fingerprint density at radius 1 is 1.41 bits per heavy atom. The Bertz CT molecular complexity index is 606. The molecular weight excluding hydrogens is 250 g/mol. The van der Waals surface area contributed by atoms with E-state index in [4.69, 9.17) is 5.73 Å². The Morgan fingerprint density at radius 2 is 2.29 bits per heavy atom. The van der Waals surface area contributed by atoms with Gasteiger partial charge in [-0.05, 0) is 23.6 Å². The zero-order valence-electron chi connectivity index (χ0n) is 9.46. The minimum absolute atomic E-state index is 0.0505. The molecule has 0 amide bonds. The fourth-order valence-corrected chi connectivity index (χ4v) is 3.99. The van der Waals surface area contributed by atoms with Gasteiger partial charge in [0.2, 0.25) is 0 Å². The Hall–Kier alpha value is -1.17. The van der Waals surface area contributed by atoms with Crippen LogP contribution in [-0.4, -0.2) is 9.78 Å². The number of nitrogens with two attached hydrogens (primary N) is 1. The van der Waals surface area contributed by atoms with Gasteiger partial charge in [-0.3, -0.25) is 4.68 Å². The number of fused-ring (bicyclic) bond motifs is 1. The van der Waals surface area contributed by atoms with Crippen molar-refractivity contribution in [2.75, 3.05) is 0 Å². The maximum Gasteiger partial charge on any atom is 0.0643 e. The largest absolute Gasteiger partial charge is 0.323 e. The zero-order valence-corrected chi connectivity index (χ0v) is 11.1. The first-order valence-corrected chi connectivity index (χ1v) is 7.13. The Morgan fingerprint density at radius 3 is 3.00 bits per heavy atom. The number of thiophene rings is 2. The molecule has 1 atom stereocenters. The molecule has 3 heterocycles. The van der Waals surface area contributed by atoms with Gasteiger partial charge in [0, 0.05) is 40.0 Å². The van der Waals surface area contributed by atoms with Crippen LogP contribution in [-0.2, 0) is 13.5 Å². The molecule has 0 aromatic carbocycles. The highest BCUT2D eigenvalue weighted by atomic mass is 32.1.